The Bertz CT molecular complexity index is 483. The number of rotatable bonds is 1. The van der Waals surface area contributed by atoms with E-state index in [0.717, 1.165) is 30.4 Å². The third-order valence-electron chi connectivity index (χ3n) is 3.21. The van der Waals surface area contributed by atoms with Crippen molar-refractivity contribution in [1.29, 1.82) is 0 Å². The van der Waals surface area contributed by atoms with Crippen molar-refractivity contribution in [2.24, 2.45) is 0 Å². The molecule has 1 fully saturated rings. The Morgan fingerprint density at radius 1 is 1.33 bits per heavy atom. The van der Waals surface area contributed by atoms with Crippen molar-refractivity contribution in [3.05, 3.63) is 30.0 Å². The highest BCUT2D eigenvalue weighted by Crippen LogP contribution is 2.34. The van der Waals surface area contributed by atoms with Gasteiger partial charge in [0.15, 0.2) is 0 Å². The first-order valence-electron chi connectivity index (χ1n) is 5.36. The van der Waals surface area contributed by atoms with E-state index in [1.54, 1.807) is 6.07 Å². The van der Waals surface area contributed by atoms with Crippen LogP contribution in [-0.2, 0) is 0 Å². The maximum atomic E-state index is 9.86. The molecule has 1 aliphatic heterocycles. The lowest BCUT2D eigenvalue weighted by atomic mass is 9.97. The molecule has 1 saturated heterocycles. The fourth-order valence-corrected chi connectivity index (χ4v) is 2.43. The second-order valence-corrected chi connectivity index (χ2v) is 4.13. The van der Waals surface area contributed by atoms with Crippen molar-refractivity contribution < 1.29 is 5.11 Å². The highest BCUT2D eigenvalue weighted by atomic mass is 16.3. The van der Waals surface area contributed by atoms with Gasteiger partial charge in [-0.3, -0.25) is 0 Å². The molecule has 3 N–H and O–H groups in total. The summed E-state index contributed by atoms with van der Waals surface area (Å²) in [6, 6.07) is 5.62. The summed E-state index contributed by atoms with van der Waals surface area (Å²) in [7, 11) is 0. The normalized spacial score (nSPS) is 21.2. The summed E-state index contributed by atoms with van der Waals surface area (Å²) in [5, 5.41) is 14.2. The molecule has 3 nitrogen and oxygen atoms in total. The van der Waals surface area contributed by atoms with Gasteiger partial charge in [0, 0.05) is 23.6 Å². The zero-order valence-corrected chi connectivity index (χ0v) is 8.46. The van der Waals surface area contributed by atoms with Crippen LogP contribution in [0.25, 0.3) is 10.9 Å². The van der Waals surface area contributed by atoms with Crippen LogP contribution in [0.4, 0.5) is 0 Å². The SMILES string of the molecule is Oc1cccc2[nH]cc([C@H]3CCNC3)c12. The van der Waals surface area contributed by atoms with Crippen molar-refractivity contribution in [2.45, 2.75) is 12.3 Å². The third-order valence-corrected chi connectivity index (χ3v) is 3.21. The summed E-state index contributed by atoms with van der Waals surface area (Å²) in [5.74, 6) is 0.919. The minimum absolute atomic E-state index is 0.385. The minimum atomic E-state index is 0.385. The van der Waals surface area contributed by atoms with Crippen molar-refractivity contribution >= 4 is 10.9 Å². The van der Waals surface area contributed by atoms with E-state index in [-0.39, 0.29) is 0 Å². The number of hydrogen-bond acceptors (Lipinski definition) is 2. The molecule has 0 bridgehead atoms. The fourth-order valence-electron chi connectivity index (χ4n) is 2.43. The lowest BCUT2D eigenvalue weighted by Gasteiger charge is -2.07. The standard InChI is InChI=1S/C12H14N2O/c15-11-3-1-2-10-12(11)9(7-14-10)8-4-5-13-6-8/h1-3,7-8,13-15H,4-6H2/t8-/m0/s1. The molecule has 0 radical (unpaired) electrons. The Hall–Kier alpha value is -1.48. The molecule has 0 spiro atoms. The van der Waals surface area contributed by atoms with Gasteiger partial charge in [0.25, 0.3) is 0 Å². The van der Waals surface area contributed by atoms with E-state index in [0.29, 0.717) is 11.7 Å². The smallest absolute Gasteiger partial charge is 0.125 e. The van der Waals surface area contributed by atoms with Crippen molar-refractivity contribution in [3.8, 4) is 5.75 Å². The molecule has 1 aromatic heterocycles. The number of H-pyrrole nitrogens is 1. The zero-order valence-electron chi connectivity index (χ0n) is 8.46. The van der Waals surface area contributed by atoms with Crippen LogP contribution in [0.5, 0.6) is 5.75 Å². The van der Waals surface area contributed by atoms with E-state index in [2.05, 4.69) is 10.3 Å². The van der Waals surface area contributed by atoms with Crippen LogP contribution in [0, 0.1) is 0 Å². The zero-order chi connectivity index (χ0) is 10.3. The molecule has 2 aromatic rings. The van der Waals surface area contributed by atoms with Gasteiger partial charge in [-0.25, -0.2) is 0 Å². The minimum Gasteiger partial charge on any atom is -0.507 e. The highest BCUT2D eigenvalue weighted by molar-refractivity contribution is 5.89. The molecule has 15 heavy (non-hydrogen) atoms. The first-order chi connectivity index (χ1) is 7.36. The highest BCUT2D eigenvalue weighted by Gasteiger charge is 2.20. The number of aromatic hydroxyl groups is 1. The van der Waals surface area contributed by atoms with E-state index in [9.17, 15) is 5.11 Å². The molecule has 1 aliphatic rings. The van der Waals surface area contributed by atoms with Crippen LogP contribution in [-0.4, -0.2) is 23.2 Å². The van der Waals surface area contributed by atoms with Gasteiger partial charge >= 0.3 is 0 Å². The lowest BCUT2D eigenvalue weighted by Crippen LogP contribution is -2.07. The van der Waals surface area contributed by atoms with Gasteiger partial charge < -0.3 is 15.4 Å². The maximum Gasteiger partial charge on any atom is 0.125 e. The molecule has 0 aliphatic carbocycles. The van der Waals surface area contributed by atoms with Crippen LogP contribution in [0.1, 0.15) is 17.9 Å². The largest absolute Gasteiger partial charge is 0.507 e. The summed E-state index contributed by atoms with van der Waals surface area (Å²) >= 11 is 0. The number of fused-ring (bicyclic) bond motifs is 1. The van der Waals surface area contributed by atoms with Crippen molar-refractivity contribution in [1.82, 2.24) is 10.3 Å². The van der Waals surface area contributed by atoms with Gasteiger partial charge in [-0.1, -0.05) is 6.07 Å². The number of aromatic amines is 1. The van der Waals surface area contributed by atoms with Gasteiger partial charge in [0.1, 0.15) is 5.75 Å². The number of hydrogen-bond donors (Lipinski definition) is 3. The number of nitrogens with one attached hydrogen (secondary N) is 2. The lowest BCUT2D eigenvalue weighted by molar-refractivity contribution is 0.481. The third kappa shape index (κ3) is 1.31. The Kier molecular flexibility index (Phi) is 1.92. The van der Waals surface area contributed by atoms with Crippen LogP contribution in [0.3, 0.4) is 0 Å². The quantitative estimate of drug-likeness (QED) is 0.662. The first kappa shape index (κ1) is 8.80. The summed E-state index contributed by atoms with van der Waals surface area (Å²) in [6.07, 6.45) is 3.18. The van der Waals surface area contributed by atoms with Crippen LogP contribution < -0.4 is 5.32 Å². The van der Waals surface area contributed by atoms with Crippen LogP contribution >= 0.6 is 0 Å². The molecule has 2 heterocycles. The second kappa shape index (κ2) is 3.28. The van der Waals surface area contributed by atoms with Gasteiger partial charge in [-0.2, -0.15) is 0 Å². The molecule has 3 rings (SSSR count). The van der Waals surface area contributed by atoms with E-state index < -0.39 is 0 Å². The topological polar surface area (TPSA) is 48.0 Å². The number of phenolic OH excluding ortho intramolecular Hbond substituents is 1. The molecule has 0 saturated carbocycles. The Balaban J connectivity index is 2.18. The second-order valence-electron chi connectivity index (χ2n) is 4.13. The number of aromatic nitrogens is 1. The van der Waals surface area contributed by atoms with Crippen molar-refractivity contribution in [2.75, 3.05) is 13.1 Å². The molecule has 1 atom stereocenters. The van der Waals surface area contributed by atoms with Gasteiger partial charge in [0.05, 0.1) is 0 Å². The number of benzene rings is 1. The molecule has 1 aromatic carbocycles. The molecule has 0 unspecified atom stereocenters. The molecule has 0 amide bonds. The van der Waals surface area contributed by atoms with E-state index >= 15 is 0 Å². The van der Waals surface area contributed by atoms with Crippen LogP contribution in [0.2, 0.25) is 0 Å². The molecule has 3 heteroatoms. The average molecular weight is 202 g/mol. The predicted octanol–water partition coefficient (Wildman–Crippen LogP) is 1.95. The molecular formula is C12H14N2O. The Morgan fingerprint density at radius 3 is 3.07 bits per heavy atom. The molecular weight excluding hydrogens is 188 g/mol. The average Bonchev–Trinajstić information content (AvgIpc) is 2.85. The summed E-state index contributed by atoms with van der Waals surface area (Å²) in [4.78, 5) is 3.22. The Labute approximate surface area is 88.1 Å². The van der Waals surface area contributed by atoms with E-state index in [1.165, 1.54) is 5.56 Å². The monoisotopic (exact) mass is 202 g/mol. The first-order valence-corrected chi connectivity index (χ1v) is 5.36. The summed E-state index contributed by atoms with van der Waals surface area (Å²) in [5.41, 5.74) is 2.27. The number of phenols is 1. The summed E-state index contributed by atoms with van der Waals surface area (Å²) < 4.78 is 0. The maximum absolute atomic E-state index is 9.86. The summed E-state index contributed by atoms with van der Waals surface area (Å²) in [6.45, 7) is 2.09. The van der Waals surface area contributed by atoms with Gasteiger partial charge in [0.2, 0.25) is 0 Å². The van der Waals surface area contributed by atoms with Crippen molar-refractivity contribution in [3.63, 3.8) is 0 Å². The fraction of sp³-hybridized carbons (Fsp3) is 0.333. The van der Waals surface area contributed by atoms with E-state index in [4.69, 9.17) is 0 Å². The van der Waals surface area contributed by atoms with E-state index in [1.807, 2.05) is 18.3 Å². The van der Waals surface area contributed by atoms with Gasteiger partial charge in [-0.15, -0.1) is 0 Å². The predicted molar refractivity (Wildman–Crippen MR) is 60.2 cm³/mol. The Morgan fingerprint density at radius 2 is 2.27 bits per heavy atom. The molecule has 78 valence electrons. The van der Waals surface area contributed by atoms with Gasteiger partial charge in [-0.05, 0) is 36.6 Å². The van der Waals surface area contributed by atoms with Crippen LogP contribution in [0.15, 0.2) is 24.4 Å².